The average molecular weight is 372 g/mol. The number of amides is 2. The first-order chi connectivity index (χ1) is 13.6. The zero-order valence-corrected chi connectivity index (χ0v) is 15.3. The van der Waals surface area contributed by atoms with E-state index in [4.69, 9.17) is 0 Å². The summed E-state index contributed by atoms with van der Waals surface area (Å²) in [6, 6.07) is 17.2. The third-order valence-electron chi connectivity index (χ3n) is 4.78. The first-order valence-electron chi connectivity index (χ1n) is 9.09. The van der Waals surface area contributed by atoms with Crippen LogP contribution >= 0.6 is 0 Å². The van der Waals surface area contributed by atoms with Gasteiger partial charge in [-0.15, -0.1) is 0 Å². The molecule has 0 saturated heterocycles. The van der Waals surface area contributed by atoms with Crippen molar-refractivity contribution in [3.05, 3.63) is 90.3 Å². The molecule has 4 rings (SSSR count). The van der Waals surface area contributed by atoms with Gasteiger partial charge < -0.3 is 5.32 Å². The first kappa shape index (κ1) is 17.7. The lowest BCUT2D eigenvalue weighted by Gasteiger charge is -2.17. The van der Waals surface area contributed by atoms with Crippen molar-refractivity contribution in [2.75, 3.05) is 13.1 Å². The Kier molecular flexibility index (Phi) is 4.76. The number of hydrogen-bond donors (Lipinski definition) is 1. The summed E-state index contributed by atoms with van der Waals surface area (Å²) in [4.78, 5) is 26.2. The van der Waals surface area contributed by atoms with Crippen LogP contribution in [0.15, 0.2) is 73.6 Å². The highest BCUT2D eigenvalue weighted by molar-refractivity contribution is 6.10. The molecule has 0 bridgehead atoms. The molecule has 1 N–H and O–H groups in total. The first-order valence-corrected chi connectivity index (χ1v) is 9.09. The summed E-state index contributed by atoms with van der Waals surface area (Å²) in [7, 11) is 0. The molecule has 2 amide bonds. The molecule has 0 saturated carbocycles. The molecule has 28 heavy (non-hydrogen) atoms. The number of benzene rings is 2. The van der Waals surface area contributed by atoms with Gasteiger partial charge in [0.2, 0.25) is 5.91 Å². The van der Waals surface area contributed by atoms with Crippen molar-refractivity contribution in [1.29, 1.82) is 0 Å². The van der Waals surface area contributed by atoms with Crippen molar-refractivity contribution in [3.8, 4) is 5.69 Å². The van der Waals surface area contributed by atoms with Gasteiger partial charge in [0.25, 0.3) is 5.91 Å². The second-order valence-electron chi connectivity index (χ2n) is 6.60. The molecular formula is C22H20N4O2. The zero-order chi connectivity index (χ0) is 19.5. The number of carbonyl (C=O) groups is 2. The van der Waals surface area contributed by atoms with Crippen LogP contribution < -0.4 is 5.32 Å². The number of fused-ring (bicyclic) bond motifs is 1. The van der Waals surface area contributed by atoms with Crippen LogP contribution in [0.5, 0.6) is 0 Å². The van der Waals surface area contributed by atoms with E-state index in [0.717, 1.165) is 16.8 Å². The SMILES string of the molecule is C=C1c2ccccc2C(=O)N1CC(=O)NCCc1ccc(-n2cccn2)cc1. The van der Waals surface area contributed by atoms with Gasteiger partial charge in [-0.25, -0.2) is 4.68 Å². The van der Waals surface area contributed by atoms with E-state index in [0.29, 0.717) is 24.2 Å². The van der Waals surface area contributed by atoms with E-state index in [1.165, 1.54) is 4.90 Å². The predicted octanol–water partition coefficient (Wildman–Crippen LogP) is 2.66. The number of hydrogen-bond acceptors (Lipinski definition) is 3. The van der Waals surface area contributed by atoms with E-state index < -0.39 is 0 Å². The molecule has 3 aromatic rings. The molecule has 0 atom stereocenters. The third kappa shape index (κ3) is 3.44. The Bertz CT molecular complexity index is 988. The van der Waals surface area contributed by atoms with Crippen LogP contribution in [0.3, 0.4) is 0 Å². The Labute approximate surface area is 163 Å². The third-order valence-corrected chi connectivity index (χ3v) is 4.78. The number of carbonyl (C=O) groups excluding carboxylic acids is 2. The van der Waals surface area contributed by atoms with E-state index in [1.54, 1.807) is 16.9 Å². The maximum Gasteiger partial charge on any atom is 0.259 e. The second kappa shape index (κ2) is 7.52. The maximum atomic E-state index is 12.4. The molecule has 1 aliphatic heterocycles. The van der Waals surface area contributed by atoms with Crippen molar-refractivity contribution >= 4 is 17.5 Å². The molecule has 1 aromatic heterocycles. The van der Waals surface area contributed by atoms with Crippen LogP contribution in [-0.2, 0) is 11.2 Å². The van der Waals surface area contributed by atoms with Gasteiger partial charge in [0.1, 0.15) is 6.54 Å². The summed E-state index contributed by atoms with van der Waals surface area (Å²) < 4.78 is 1.80. The lowest BCUT2D eigenvalue weighted by atomic mass is 10.1. The molecule has 6 nitrogen and oxygen atoms in total. The Morgan fingerprint density at radius 3 is 2.46 bits per heavy atom. The van der Waals surface area contributed by atoms with Crippen LogP contribution in [0.25, 0.3) is 11.4 Å². The monoisotopic (exact) mass is 372 g/mol. The highest BCUT2D eigenvalue weighted by Crippen LogP contribution is 2.30. The minimum atomic E-state index is -0.199. The van der Waals surface area contributed by atoms with Gasteiger partial charge in [-0.2, -0.15) is 5.10 Å². The van der Waals surface area contributed by atoms with Crippen molar-refractivity contribution in [3.63, 3.8) is 0 Å². The number of nitrogens with zero attached hydrogens (tertiary/aromatic N) is 3. The minimum absolute atomic E-state index is 0.0232. The topological polar surface area (TPSA) is 67.2 Å². The number of rotatable bonds is 6. The molecule has 0 radical (unpaired) electrons. The van der Waals surface area contributed by atoms with Gasteiger partial charge in [-0.1, -0.05) is 36.9 Å². The van der Waals surface area contributed by atoms with Crippen molar-refractivity contribution in [2.24, 2.45) is 0 Å². The summed E-state index contributed by atoms with van der Waals surface area (Å²) in [5.74, 6) is -0.375. The van der Waals surface area contributed by atoms with E-state index in [-0.39, 0.29) is 18.4 Å². The molecule has 140 valence electrons. The van der Waals surface area contributed by atoms with Gasteiger partial charge in [0, 0.05) is 35.8 Å². The van der Waals surface area contributed by atoms with Gasteiger partial charge in [0.15, 0.2) is 0 Å². The predicted molar refractivity (Wildman–Crippen MR) is 107 cm³/mol. The summed E-state index contributed by atoms with van der Waals surface area (Å²) >= 11 is 0. The fourth-order valence-electron chi connectivity index (χ4n) is 3.28. The van der Waals surface area contributed by atoms with Gasteiger partial charge >= 0.3 is 0 Å². The summed E-state index contributed by atoms with van der Waals surface area (Å²) in [6.07, 6.45) is 4.34. The van der Waals surface area contributed by atoms with Crippen molar-refractivity contribution < 1.29 is 9.59 Å². The highest BCUT2D eigenvalue weighted by atomic mass is 16.2. The van der Waals surface area contributed by atoms with E-state index >= 15 is 0 Å². The van der Waals surface area contributed by atoms with E-state index in [1.807, 2.05) is 54.7 Å². The zero-order valence-electron chi connectivity index (χ0n) is 15.3. The lowest BCUT2D eigenvalue weighted by molar-refractivity contribution is -0.121. The fraction of sp³-hybridized carbons (Fsp3) is 0.136. The Morgan fingerprint density at radius 2 is 1.79 bits per heavy atom. The fourth-order valence-corrected chi connectivity index (χ4v) is 3.28. The minimum Gasteiger partial charge on any atom is -0.354 e. The van der Waals surface area contributed by atoms with Crippen LogP contribution in [0, 0.1) is 0 Å². The van der Waals surface area contributed by atoms with Crippen LogP contribution in [0.4, 0.5) is 0 Å². The van der Waals surface area contributed by atoms with E-state index in [9.17, 15) is 9.59 Å². The Balaban J connectivity index is 1.28. The van der Waals surface area contributed by atoms with Crippen molar-refractivity contribution in [2.45, 2.75) is 6.42 Å². The summed E-state index contributed by atoms with van der Waals surface area (Å²) in [5.41, 5.74) is 4.06. The molecule has 0 aliphatic carbocycles. The van der Waals surface area contributed by atoms with Crippen LogP contribution in [0.1, 0.15) is 21.5 Å². The summed E-state index contributed by atoms with van der Waals surface area (Å²) in [5, 5.41) is 7.07. The maximum absolute atomic E-state index is 12.4. The van der Waals surface area contributed by atoms with Crippen LogP contribution in [0.2, 0.25) is 0 Å². The summed E-state index contributed by atoms with van der Waals surface area (Å²) in [6.45, 7) is 4.43. The molecule has 1 aliphatic rings. The Hall–Kier alpha value is -3.67. The number of aromatic nitrogens is 2. The Morgan fingerprint density at radius 1 is 1.04 bits per heavy atom. The quantitative estimate of drug-likeness (QED) is 0.723. The smallest absolute Gasteiger partial charge is 0.259 e. The molecule has 0 spiro atoms. The molecule has 2 heterocycles. The van der Waals surface area contributed by atoms with E-state index in [2.05, 4.69) is 17.0 Å². The van der Waals surface area contributed by atoms with Crippen molar-refractivity contribution in [1.82, 2.24) is 20.0 Å². The normalized spacial score (nSPS) is 12.9. The molecule has 2 aromatic carbocycles. The highest BCUT2D eigenvalue weighted by Gasteiger charge is 2.31. The van der Waals surface area contributed by atoms with Gasteiger partial charge in [-0.05, 0) is 36.2 Å². The molecule has 0 unspecified atom stereocenters. The standard InChI is InChI=1S/C22H20N4O2/c1-16-19-5-2-3-6-20(19)22(28)25(16)15-21(27)23-13-11-17-7-9-18(10-8-17)26-14-4-12-24-26/h2-10,12,14H,1,11,13,15H2,(H,23,27). The van der Waals surface area contributed by atoms with Gasteiger partial charge in [-0.3, -0.25) is 14.5 Å². The second-order valence-corrected chi connectivity index (χ2v) is 6.60. The average Bonchev–Trinajstić information content (AvgIpc) is 3.33. The largest absolute Gasteiger partial charge is 0.354 e. The molecule has 0 fully saturated rings. The number of nitrogens with one attached hydrogen (secondary N) is 1. The molecular weight excluding hydrogens is 352 g/mol. The van der Waals surface area contributed by atoms with Crippen LogP contribution in [-0.4, -0.2) is 39.6 Å². The molecule has 6 heteroatoms. The lowest BCUT2D eigenvalue weighted by Crippen LogP contribution is -2.37. The van der Waals surface area contributed by atoms with Gasteiger partial charge in [0.05, 0.1) is 5.69 Å².